The minimum atomic E-state index is -1.15. The van der Waals surface area contributed by atoms with E-state index >= 15 is 0 Å². The first-order chi connectivity index (χ1) is 13.7. The van der Waals surface area contributed by atoms with Crippen molar-refractivity contribution in [3.05, 3.63) is 90.2 Å². The molecule has 3 aromatic carbocycles. The number of hydrogen-bond donors (Lipinski definition) is 0. The summed E-state index contributed by atoms with van der Waals surface area (Å²) in [6, 6.07) is 22.3. The van der Waals surface area contributed by atoms with Gasteiger partial charge in [-0.15, -0.1) is 0 Å². The predicted molar refractivity (Wildman–Crippen MR) is 106 cm³/mol. The average Bonchev–Trinajstić information content (AvgIpc) is 3.27. The van der Waals surface area contributed by atoms with E-state index in [9.17, 15) is 9.59 Å². The number of benzene rings is 3. The van der Waals surface area contributed by atoms with Crippen molar-refractivity contribution in [3.8, 4) is 17.1 Å². The van der Waals surface area contributed by atoms with Crippen LogP contribution >= 0.6 is 0 Å². The smallest absolute Gasteiger partial charge is 0.219 e. The Balaban J connectivity index is 1.55. The van der Waals surface area contributed by atoms with Gasteiger partial charge in [-0.05, 0) is 29.0 Å². The Labute approximate surface area is 161 Å². The van der Waals surface area contributed by atoms with E-state index in [0.29, 0.717) is 22.6 Å². The number of carbonyl (C=O) groups excluding carboxylic acids is 2. The molecule has 1 aromatic heterocycles. The van der Waals surface area contributed by atoms with Crippen molar-refractivity contribution < 1.29 is 18.7 Å². The number of furan rings is 1. The molecule has 0 fully saturated rings. The Morgan fingerprint density at radius 1 is 0.893 bits per heavy atom. The second kappa shape index (κ2) is 6.50. The van der Waals surface area contributed by atoms with Crippen molar-refractivity contribution >= 4 is 22.3 Å². The van der Waals surface area contributed by atoms with Crippen LogP contribution in [0.4, 0.5) is 0 Å². The summed E-state index contributed by atoms with van der Waals surface area (Å²) in [6.45, 7) is 0. The number of hydrogen-bond acceptors (Lipinski definition) is 4. The molecule has 0 spiro atoms. The van der Waals surface area contributed by atoms with E-state index in [1.54, 1.807) is 36.6 Å². The monoisotopic (exact) mass is 368 g/mol. The molecule has 1 aliphatic rings. The van der Waals surface area contributed by atoms with Crippen LogP contribution in [0, 0.1) is 0 Å². The van der Waals surface area contributed by atoms with Crippen LogP contribution in [0.15, 0.2) is 83.5 Å². The van der Waals surface area contributed by atoms with Gasteiger partial charge < -0.3 is 9.15 Å². The van der Waals surface area contributed by atoms with E-state index in [1.807, 2.05) is 42.5 Å². The number of ketones is 2. The van der Waals surface area contributed by atoms with Crippen LogP contribution in [0.3, 0.4) is 0 Å². The lowest BCUT2D eigenvalue weighted by Crippen LogP contribution is -2.40. The van der Waals surface area contributed by atoms with E-state index in [4.69, 9.17) is 9.15 Å². The fourth-order valence-corrected chi connectivity index (χ4v) is 3.75. The molecule has 0 bridgehead atoms. The van der Waals surface area contributed by atoms with E-state index in [1.165, 1.54) is 0 Å². The summed E-state index contributed by atoms with van der Waals surface area (Å²) >= 11 is 0. The third kappa shape index (κ3) is 2.62. The van der Waals surface area contributed by atoms with Gasteiger partial charge >= 0.3 is 0 Å². The maximum absolute atomic E-state index is 13.2. The maximum Gasteiger partial charge on any atom is 0.219 e. The van der Waals surface area contributed by atoms with Crippen molar-refractivity contribution in [2.45, 2.75) is 12.5 Å². The number of fused-ring (bicyclic) bond motifs is 3. The molecular formula is C24H16O4. The molecule has 4 heteroatoms. The van der Waals surface area contributed by atoms with Crippen LogP contribution in [-0.4, -0.2) is 17.7 Å². The summed E-state index contributed by atoms with van der Waals surface area (Å²) in [5, 5.41) is 2.03. The molecule has 0 saturated carbocycles. The fraction of sp³-hybridized carbons (Fsp3) is 0.0833. The van der Waals surface area contributed by atoms with E-state index in [0.717, 1.165) is 16.3 Å². The highest BCUT2D eigenvalue weighted by molar-refractivity contribution is 6.17. The zero-order chi connectivity index (χ0) is 19.1. The van der Waals surface area contributed by atoms with Crippen molar-refractivity contribution in [1.82, 2.24) is 0 Å². The molecule has 0 aliphatic carbocycles. The van der Waals surface area contributed by atoms with Gasteiger partial charge in [0.1, 0.15) is 11.5 Å². The molecule has 4 aromatic rings. The zero-order valence-electron chi connectivity index (χ0n) is 14.9. The summed E-state index contributed by atoms with van der Waals surface area (Å²) in [6.07, 6.45) is 0.584. The topological polar surface area (TPSA) is 56.5 Å². The number of Topliss-reactive ketones (excluding diaryl/α,β-unsaturated/α-hetero) is 2. The van der Waals surface area contributed by atoms with Gasteiger partial charge in [-0.2, -0.15) is 0 Å². The van der Waals surface area contributed by atoms with Crippen LogP contribution < -0.4 is 4.74 Å². The molecule has 0 amide bonds. The highest BCUT2D eigenvalue weighted by atomic mass is 16.5. The first-order valence-corrected chi connectivity index (χ1v) is 9.09. The SMILES string of the molecule is O=C1Cc2c(ccc3ccccc23)OC1C(=O)c1ccccc1-c1ccco1. The van der Waals surface area contributed by atoms with E-state index < -0.39 is 6.10 Å². The van der Waals surface area contributed by atoms with Gasteiger partial charge in [0.15, 0.2) is 5.78 Å². The van der Waals surface area contributed by atoms with Gasteiger partial charge in [-0.1, -0.05) is 54.6 Å². The highest BCUT2D eigenvalue weighted by Gasteiger charge is 2.36. The predicted octanol–water partition coefficient (Wildman–Crippen LogP) is 4.86. The molecule has 1 atom stereocenters. The molecule has 4 nitrogen and oxygen atoms in total. The number of ether oxygens (including phenoxy) is 1. The Hall–Kier alpha value is -3.66. The van der Waals surface area contributed by atoms with Gasteiger partial charge in [0.25, 0.3) is 0 Å². The van der Waals surface area contributed by atoms with Crippen molar-refractivity contribution in [2.24, 2.45) is 0 Å². The molecule has 1 aliphatic heterocycles. The Kier molecular flexibility index (Phi) is 3.83. The van der Waals surface area contributed by atoms with Crippen LogP contribution in [0.1, 0.15) is 15.9 Å². The summed E-state index contributed by atoms with van der Waals surface area (Å²) in [4.78, 5) is 26.1. The molecule has 0 radical (unpaired) electrons. The van der Waals surface area contributed by atoms with Crippen LogP contribution in [0.5, 0.6) is 5.75 Å². The van der Waals surface area contributed by atoms with Crippen LogP contribution in [-0.2, 0) is 11.2 Å². The number of rotatable bonds is 3. The second-order valence-electron chi connectivity index (χ2n) is 6.79. The lowest BCUT2D eigenvalue weighted by Gasteiger charge is -2.25. The number of carbonyl (C=O) groups is 2. The molecule has 0 saturated heterocycles. The molecule has 0 N–H and O–H groups in total. The molecular weight excluding hydrogens is 352 g/mol. The van der Waals surface area contributed by atoms with Gasteiger partial charge in [-0.25, -0.2) is 0 Å². The van der Waals surface area contributed by atoms with Gasteiger partial charge in [0, 0.05) is 23.1 Å². The molecule has 2 heterocycles. The Morgan fingerprint density at radius 3 is 2.57 bits per heavy atom. The normalized spacial score (nSPS) is 15.9. The van der Waals surface area contributed by atoms with Crippen molar-refractivity contribution in [2.75, 3.05) is 0 Å². The Morgan fingerprint density at radius 2 is 1.71 bits per heavy atom. The second-order valence-corrected chi connectivity index (χ2v) is 6.79. The third-order valence-corrected chi connectivity index (χ3v) is 5.10. The highest BCUT2D eigenvalue weighted by Crippen LogP contribution is 2.34. The minimum Gasteiger partial charge on any atom is -0.474 e. The first kappa shape index (κ1) is 16.5. The average molecular weight is 368 g/mol. The van der Waals surface area contributed by atoms with Crippen LogP contribution in [0.25, 0.3) is 22.1 Å². The Bertz CT molecular complexity index is 1200. The summed E-state index contributed by atoms with van der Waals surface area (Å²) in [5.74, 6) is 0.588. The minimum absolute atomic E-state index is 0.177. The fourth-order valence-electron chi connectivity index (χ4n) is 3.75. The lowest BCUT2D eigenvalue weighted by atomic mass is 9.90. The van der Waals surface area contributed by atoms with Gasteiger partial charge in [0.2, 0.25) is 11.9 Å². The van der Waals surface area contributed by atoms with E-state index in [2.05, 4.69) is 0 Å². The summed E-state index contributed by atoms with van der Waals surface area (Å²) in [5.41, 5.74) is 1.91. The van der Waals surface area contributed by atoms with Crippen molar-refractivity contribution in [1.29, 1.82) is 0 Å². The third-order valence-electron chi connectivity index (χ3n) is 5.10. The summed E-state index contributed by atoms with van der Waals surface area (Å²) in [7, 11) is 0. The van der Waals surface area contributed by atoms with Gasteiger partial charge in [0.05, 0.1) is 6.26 Å². The summed E-state index contributed by atoms with van der Waals surface area (Å²) < 4.78 is 11.4. The standard InChI is InChI=1S/C24H16O4/c25-20-14-19-16-7-2-1-6-15(16)11-12-22(19)28-24(20)23(26)18-9-4-3-8-17(18)21-10-5-13-27-21/h1-13,24H,14H2. The molecule has 5 rings (SSSR count). The quantitative estimate of drug-likeness (QED) is 0.383. The lowest BCUT2D eigenvalue weighted by molar-refractivity contribution is -0.124. The van der Waals surface area contributed by atoms with Gasteiger partial charge in [-0.3, -0.25) is 9.59 Å². The maximum atomic E-state index is 13.2. The van der Waals surface area contributed by atoms with E-state index in [-0.39, 0.29) is 18.0 Å². The van der Waals surface area contributed by atoms with Crippen LogP contribution in [0.2, 0.25) is 0 Å². The first-order valence-electron chi connectivity index (χ1n) is 9.09. The molecule has 136 valence electrons. The largest absolute Gasteiger partial charge is 0.474 e. The van der Waals surface area contributed by atoms with Crippen molar-refractivity contribution in [3.63, 3.8) is 0 Å². The zero-order valence-corrected chi connectivity index (χ0v) is 14.9. The molecule has 1 unspecified atom stereocenters. The molecule has 28 heavy (non-hydrogen) atoms.